The molecule has 0 saturated carbocycles. The van der Waals surface area contributed by atoms with E-state index in [9.17, 15) is 53.9 Å². The number of pyridine rings is 3. The van der Waals surface area contributed by atoms with Gasteiger partial charge in [-0.15, -0.1) is 0 Å². The monoisotopic (exact) mass is 758 g/mol. The number of halogens is 9. The van der Waals surface area contributed by atoms with Crippen molar-refractivity contribution in [1.82, 2.24) is 39.7 Å². The Balaban J connectivity index is 0.000000206. The van der Waals surface area contributed by atoms with Gasteiger partial charge in [-0.2, -0.15) is 49.5 Å². The van der Waals surface area contributed by atoms with E-state index >= 15 is 0 Å². The highest BCUT2D eigenvalue weighted by Gasteiger charge is 2.39. The topological polar surface area (TPSA) is 164 Å². The second kappa shape index (κ2) is 15.3. The molecule has 1 N–H and O–H groups in total. The number of aromatic nitrogens is 7. The van der Waals surface area contributed by atoms with Crippen LogP contribution in [0.4, 0.5) is 39.5 Å². The van der Waals surface area contributed by atoms with Crippen LogP contribution in [0.15, 0.2) is 85.9 Å². The van der Waals surface area contributed by atoms with Crippen LogP contribution in [0.2, 0.25) is 0 Å². The molecule has 53 heavy (non-hydrogen) atoms. The maximum atomic E-state index is 13.0. The van der Waals surface area contributed by atoms with Crippen LogP contribution in [0.3, 0.4) is 0 Å². The zero-order valence-corrected chi connectivity index (χ0v) is 26.5. The van der Waals surface area contributed by atoms with Crippen LogP contribution in [0.5, 0.6) is 0 Å². The number of hydrogen-bond donors (Lipinski definition) is 1. The van der Waals surface area contributed by atoms with E-state index in [0.717, 1.165) is 46.5 Å². The number of rotatable bonds is 8. The molecule has 1 aliphatic carbocycles. The van der Waals surface area contributed by atoms with Gasteiger partial charge < -0.3 is 23.5 Å². The van der Waals surface area contributed by atoms with E-state index in [-0.39, 0.29) is 54.0 Å². The van der Waals surface area contributed by atoms with Crippen molar-refractivity contribution in [1.29, 1.82) is 0 Å². The van der Waals surface area contributed by atoms with Gasteiger partial charge in [0, 0.05) is 49.0 Å². The van der Waals surface area contributed by atoms with Gasteiger partial charge in [-0.1, -0.05) is 22.5 Å². The summed E-state index contributed by atoms with van der Waals surface area (Å²) in [6.07, 6.45) is -4.30. The Bertz CT molecular complexity index is 2210. The summed E-state index contributed by atoms with van der Waals surface area (Å²) in [5.41, 5.74) is -2.53. The molecular weight excluding hydrogens is 735 g/mol. The zero-order chi connectivity index (χ0) is 38.6. The predicted molar refractivity (Wildman–Crippen MR) is 161 cm³/mol. The van der Waals surface area contributed by atoms with Crippen molar-refractivity contribution in [2.24, 2.45) is 0 Å². The molecule has 0 saturated heterocycles. The Labute approximate surface area is 289 Å². The van der Waals surface area contributed by atoms with Gasteiger partial charge in [0.2, 0.25) is 17.6 Å². The summed E-state index contributed by atoms with van der Waals surface area (Å²) in [7, 11) is 0. The van der Waals surface area contributed by atoms with Gasteiger partial charge in [0.1, 0.15) is 6.54 Å². The normalized spacial score (nSPS) is 13.5. The second-order valence-electron chi connectivity index (χ2n) is 11.1. The van der Waals surface area contributed by atoms with Crippen LogP contribution in [0.1, 0.15) is 35.7 Å². The Morgan fingerprint density at radius 3 is 2.08 bits per heavy atom. The Kier molecular flexibility index (Phi) is 11.0. The number of nitrogens with zero attached hydrogens (tertiary/aromatic N) is 7. The van der Waals surface area contributed by atoms with Crippen molar-refractivity contribution in [3.05, 3.63) is 111 Å². The highest BCUT2D eigenvalue weighted by molar-refractivity contribution is 5.76. The molecule has 0 bridgehead atoms. The van der Waals surface area contributed by atoms with Crippen molar-refractivity contribution in [3.8, 4) is 22.8 Å². The lowest BCUT2D eigenvalue weighted by Gasteiger charge is -2.13. The molecule has 5 heterocycles. The van der Waals surface area contributed by atoms with Crippen LogP contribution in [-0.4, -0.2) is 46.3 Å². The summed E-state index contributed by atoms with van der Waals surface area (Å²) < 4.78 is 125. The first-order chi connectivity index (χ1) is 24.9. The number of carbonyl (C=O) groups excluding carboxylic acids is 1. The fourth-order valence-corrected chi connectivity index (χ4v) is 4.87. The first-order valence-corrected chi connectivity index (χ1v) is 15.1. The number of amides is 1. The lowest BCUT2D eigenvalue weighted by Crippen LogP contribution is -2.37. The average molecular weight is 759 g/mol. The number of aryl methyl sites for hydroxylation is 2. The predicted octanol–water partition coefficient (Wildman–Crippen LogP) is 5.33. The minimum atomic E-state index is -4.87. The molecule has 0 aromatic carbocycles. The van der Waals surface area contributed by atoms with Crippen molar-refractivity contribution < 1.29 is 53.4 Å². The Hall–Kier alpha value is -6.09. The third kappa shape index (κ3) is 9.62. The molecule has 13 nitrogen and oxygen atoms in total. The number of carbonyl (C=O) groups is 1. The molecule has 5 aromatic rings. The molecule has 5 aromatic heterocycles. The maximum Gasteiger partial charge on any atom is 0.471 e. The minimum Gasteiger partial charge on any atom is -0.351 e. The Morgan fingerprint density at radius 2 is 1.47 bits per heavy atom. The fraction of sp³-hybridized carbons (Fsp3) is 0.290. The molecule has 1 aliphatic rings. The highest BCUT2D eigenvalue weighted by Crippen LogP contribution is 2.32. The number of alkyl halides is 9. The molecule has 0 aliphatic heterocycles. The number of hydrogen-bond acceptors (Lipinski definition) is 10. The summed E-state index contributed by atoms with van der Waals surface area (Å²) in [5.74, 6) is -4.33. The molecule has 22 heteroatoms. The van der Waals surface area contributed by atoms with Crippen LogP contribution in [0, 0.1) is 0 Å². The molecule has 0 atom stereocenters. The molecule has 0 unspecified atom stereocenters. The molecule has 1 amide bonds. The molecule has 6 rings (SSSR count). The van der Waals surface area contributed by atoms with Crippen molar-refractivity contribution >= 4 is 5.91 Å². The third-order valence-corrected chi connectivity index (χ3v) is 7.37. The minimum absolute atomic E-state index is 0.0302. The summed E-state index contributed by atoms with van der Waals surface area (Å²) in [6.45, 7) is -0.346. The van der Waals surface area contributed by atoms with Gasteiger partial charge in [-0.05, 0) is 49.1 Å². The van der Waals surface area contributed by atoms with E-state index in [2.05, 4.69) is 39.6 Å². The fourth-order valence-electron chi connectivity index (χ4n) is 4.87. The van der Waals surface area contributed by atoms with Gasteiger partial charge in [-0.25, -0.2) is 0 Å². The van der Waals surface area contributed by atoms with Crippen molar-refractivity contribution in [3.63, 3.8) is 0 Å². The summed E-state index contributed by atoms with van der Waals surface area (Å²) in [5, 5.41) is 9.15. The molecule has 0 spiro atoms. The smallest absolute Gasteiger partial charge is 0.351 e. The van der Waals surface area contributed by atoms with Crippen molar-refractivity contribution in [2.75, 3.05) is 0 Å². The van der Waals surface area contributed by atoms with Gasteiger partial charge in [0.15, 0.2) is 0 Å². The van der Waals surface area contributed by atoms with Crippen molar-refractivity contribution in [2.45, 2.75) is 56.9 Å². The first kappa shape index (κ1) is 38.1. The van der Waals surface area contributed by atoms with Crippen LogP contribution >= 0.6 is 0 Å². The third-order valence-electron chi connectivity index (χ3n) is 7.37. The van der Waals surface area contributed by atoms with Gasteiger partial charge >= 0.3 is 30.3 Å². The summed E-state index contributed by atoms with van der Waals surface area (Å²) >= 11 is 0. The molecule has 0 fully saturated rings. The van der Waals surface area contributed by atoms with E-state index < -0.39 is 52.8 Å². The SMILES string of the molecule is O=C(Cn1ccc(-c2noc(C(F)(F)F)n2)cc1=O)NC1CC=CC1.O=c1c(-c2noc(C(F)(F)F)n2)cccn1CCc1cnccc1C(F)(F)F. The maximum absolute atomic E-state index is 13.0. The van der Waals surface area contributed by atoms with E-state index in [1.165, 1.54) is 30.6 Å². The molecular formula is C31H23F9N8O5. The van der Waals surface area contributed by atoms with E-state index in [1.54, 1.807) is 0 Å². The average Bonchev–Trinajstić information content (AvgIpc) is 3.88. The van der Waals surface area contributed by atoms with E-state index in [1.807, 2.05) is 12.2 Å². The quantitative estimate of drug-likeness (QED) is 0.162. The lowest BCUT2D eigenvalue weighted by atomic mass is 10.1. The van der Waals surface area contributed by atoms with Gasteiger partial charge in [-0.3, -0.25) is 19.4 Å². The first-order valence-electron chi connectivity index (χ1n) is 15.1. The van der Waals surface area contributed by atoms with E-state index in [0.29, 0.717) is 0 Å². The molecule has 0 radical (unpaired) electrons. The lowest BCUT2D eigenvalue weighted by molar-refractivity contribution is -0.160. The van der Waals surface area contributed by atoms with Gasteiger partial charge in [0.05, 0.1) is 11.1 Å². The summed E-state index contributed by atoms with van der Waals surface area (Å²) in [4.78, 5) is 46.4. The van der Waals surface area contributed by atoms with E-state index in [4.69, 9.17) is 0 Å². The van der Waals surface area contributed by atoms with Gasteiger partial charge in [0.25, 0.3) is 11.1 Å². The zero-order valence-electron chi connectivity index (χ0n) is 26.5. The second-order valence-corrected chi connectivity index (χ2v) is 11.1. The standard InChI is InChI=1S/C16H10F6N4O2.C15H13F3N4O3/c17-15(18,19)11-3-5-23-8-9(11)4-7-26-6-1-2-10(13(26)27)12-24-14(28-25-12)16(20,21)22;16-15(17,18)14-20-13(21-25-14)9-5-6-22(12(24)7-9)8-11(23)19-10-3-1-2-4-10/h1-3,5-6,8H,4,7H2;1-2,5-7,10H,3-4,8H2,(H,19,23). The van der Waals surface area contributed by atoms with Crippen LogP contribution < -0.4 is 16.4 Å². The molecule has 280 valence electrons. The highest BCUT2D eigenvalue weighted by atomic mass is 19.4. The largest absolute Gasteiger partial charge is 0.471 e. The Morgan fingerprint density at radius 1 is 0.830 bits per heavy atom. The van der Waals surface area contributed by atoms with Crippen LogP contribution in [-0.2, 0) is 42.8 Å². The van der Waals surface area contributed by atoms with Crippen LogP contribution in [0.25, 0.3) is 22.8 Å². The number of nitrogens with one attached hydrogen (secondary N) is 1. The summed E-state index contributed by atoms with van der Waals surface area (Å²) in [6, 6.07) is 5.78.